The molecule has 0 aromatic carbocycles. The molecule has 3 aliphatic heterocycles. The maximum Gasteiger partial charge on any atom is 0.407 e. The summed E-state index contributed by atoms with van der Waals surface area (Å²) in [5, 5.41) is 9.48. The van der Waals surface area contributed by atoms with Crippen molar-refractivity contribution in [2.75, 3.05) is 54.9 Å². The quantitative estimate of drug-likeness (QED) is 0.718. The number of aromatic nitrogens is 4. The average Bonchev–Trinajstić information content (AvgIpc) is 3.39. The van der Waals surface area contributed by atoms with Crippen LogP contribution in [0, 0.1) is 0 Å². The van der Waals surface area contributed by atoms with E-state index in [1.54, 1.807) is 12.4 Å². The lowest BCUT2D eigenvalue weighted by Crippen LogP contribution is -2.49. The second-order valence-corrected chi connectivity index (χ2v) is 8.97. The van der Waals surface area contributed by atoms with Gasteiger partial charge in [-0.2, -0.15) is 4.98 Å². The van der Waals surface area contributed by atoms with Crippen molar-refractivity contribution in [2.24, 2.45) is 0 Å². The molecular weight excluding hydrogens is 412 g/mol. The minimum absolute atomic E-state index is 0.150. The Morgan fingerprint density at radius 2 is 2.03 bits per heavy atom. The number of carboxylic acid groups (broad SMARTS) is 1. The molecule has 2 aromatic rings. The van der Waals surface area contributed by atoms with Crippen LogP contribution in [0.15, 0.2) is 12.4 Å². The molecule has 3 N–H and O–H groups in total. The number of carbonyl (C=O) groups is 1. The third kappa shape index (κ3) is 3.46. The highest BCUT2D eigenvalue weighted by atomic mass is 16.5. The van der Waals surface area contributed by atoms with Gasteiger partial charge in [-0.3, -0.25) is 0 Å². The maximum absolute atomic E-state index is 11.6. The first kappa shape index (κ1) is 20.7. The molecule has 0 unspecified atom stereocenters. The minimum atomic E-state index is -0.877. The fraction of sp³-hybridized carbons (Fsp3) is 0.571. The second kappa shape index (κ2) is 7.73. The van der Waals surface area contributed by atoms with Gasteiger partial charge in [-0.1, -0.05) is 0 Å². The molecule has 1 amide bonds. The largest absolute Gasteiger partial charge is 0.465 e. The highest BCUT2D eigenvalue weighted by Crippen LogP contribution is 2.41. The van der Waals surface area contributed by atoms with E-state index in [9.17, 15) is 9.90 Å². The van der Waals surface area contributed by atoms with Crippen molar-refractivity contribution in [1.29, 1.82) is 0 Å². The van der Waals surface area contributed by atoms with E-state index in [1.165, 1.54) is 4.90 Å². The number of rotatable bonds is 3. The number of likely N-dealkylation sites (tertiary alicyclic amines) is 1. The first-order valence-corrected chi connectivity index (χ1v) is 10.9. The number of ether oxygens (including phenoxy) is 1. The summed E-state index contributed by atoms with van der Waals surface area (Å²) in [5.41, 5.74) is 8.03. The van der Waals surface area contributed by atoms with Crippen LogP contribution in [0.25, 0.3) is 11.3 Å². The first-order valence-electron chi connectivity index (χ1n) is 10.9. The van der Waals surface area contributed by atoms with E-state index in [0.717, 1.165) is 42.0 Å². The van der Waals surface area contributed by atoms with Gasteiger partial charge in [0.15, 0.2) is 0 Å². The lowest BCUT2D eigenvalue weighted by atomic mass is 9.99. The van der Waals surface area contributed by atoms with Crippen LogP contribution in [0.4, 0.5) is 22.5 Å². The SMILES string of the molecule is C[C@H]1COCCN1c1nc(-c2cnc(N)nc2)c2c(n1)N([C@]1(C)CCN(C(=O)O)C1)CC2. The summed E-state index contributed by atoms with van der Waals surface area (Å²) >= 11 is 0. The summed E-state index contributed by atoms with van der Waals surface area (Å²) in [6, 6.07) is 0.150. The van der Waals surface area contributed by atoms with Crippen LogP contribution in [-0.4, -0.2) is 87.0 Å². The molecule has 11 nitrogen and oxygen atoms in total. The molecule has 0 bridgehead atoms. The van der Waals surface area contributed by atoms with E-state index >= 15 is 0 Å². The summed E-state index contributed by atoms with van der Waals surface area (Å²) < 4.78 is 5.60. The Morgan fingerprint density at radius 1 is 1.25 bits per heavy atom. The molecule has 32 heavy (non-hydrogen) atoms. The molecule has 0 saturated carbocycles. The molecule has 2 aromatic heterocycles. The summed E-state index contributed by atoms with van der Waals surface area (Å²) in [4.78, 5) is 35.8. The maximum atomic E-state index is 11.6. The van der Waals surface area contributed by atoms with Gasteiger partial charge >= 0.3 is 6.09 Å². The topological polar surface area (TPSA) is 134 Å². The van der Waals surface area contributed by atoms with Gasteiger partial charge in [0, 0.05) is 49.7 Å². The number of amides is 1. The lowest BCUT2D eigenvalue weighted by molar-refractivity contribution is 0.0981. The zero-order valence-corrected chi connectivity index (χ0v) is 18.4. The number of nitrogens with two attached hydrogens (primary N) is 1. The zero-order valence-electron chi connectivity index (χ0n) is 18.4. The normalized spacial score (nSPS) is 25.3. The van der Waals surface area contributed by atoms with Crippen molar-refractivity contribution >= 4 is 23.8 Å². The molecule has 0 spiro atoms. The van der Waals surface area contributed by atoms with Crippen LogP contribution >= 0.6 is 0 Å². The molecule has 5 rings (SSSR count). The van der Waals surface area contributed by atoms with Crippen LogP contribution in [0.5, 0.6) is 0 Å². The number of nitrogen functional groups attached to an aromatic ring is 1. The van der Waals surface area contributed by atoms with Gasteiger partial charge in [0.25, 0.3) is 0 Å². The number of fused-ring (bicyclic) bond motifs is 1. The summed E-state index contributed by atoms with van der Waals surface area (Å²) in [6.07, 6.45) is 4.05. The number of hydrogen-bond donors (Lipinski definition) is 2. The lowest BCUT2D eigenvalue weighted by Gasteiger charge is -2.38. The third-order valence-corrected chi connectivity index (χ3v) is 6.76. The summed E-state index contributed by atoms with van der Waals surface area (Å²) in [7, 11) is 0. The Morgan fingerprint density at radius 3 is 2.72 bits per heavy atom. The minimum Gasteiger partial charge on any atom is -0.465 e. The molecule has 0 radical (unpaired) electrons. The zero-order chi connectivity index (χ0) is 22.5. The second-order valence-electron chi connectivity index (χ2n) is 8.97. The Labute approximate surface area is 186 Å². The number of anilines is 3. The van der Waals surface area contributed by atoms with Gasteiger partial charge < -0.3 is 30.3 Å². The fourth-order valence-corrected chi connectivity index (χ4v) is 4.95. The van der Waals surface area contributed by atoms with Crippen molar-refractivity contribution in [1.82, 2.24) is 24.8 Å². The molecule has 5 heterocycles. The van der Waals surface area contributed by atoms with Crippen molar-refractivity contribution in [2.45, 2.75) is 38.3 Å². The Balaban J connectivity index is 1.60. The van der Waals surface area contributed by atoms with E-state index in [-0.39, 0.29) is 17.5 Å². The van der Waals surface area contributed by atoms with Gasteiger partial charge in [0.1, 0.15) is 5.82 Å². The highest BCUT2D eigenvalue weighted by molar-refractivity contribution is 5.73. The van der Waals surface area contributed by atoms with Crippen molar-refractivity contribution in [3.63, 3.8) is 0 Å². The van der Waals surface area contributed by atoms with Crippen molar-refractivity contribution in [3.05, 3.63) is 18.0 Å². The molecular formula is C21H28N8O3. The number of hydrogen-bond acceptors (Lipinski definition) is 9. The Bertz CT molecular complexity index is 1030. The van der Waals surface area contributed by atoms with Gasteiger partial charge in [0.05, 0.1) is 30.5 Å². The number of morpholine rings is 1. The van der Waals surface area contributed by atoms with Crippen LogP contribution in [0.3, 0.4) is 0 Å². The monoisotopic (exact) mass is 440 g/mol. The fourth-order valence-electron chi connectivity index (χ4n) is 4.95. The van der Waals surface area contributed by atoms with Crippen molar-refractivity contribution in [3.8, 4) is 11.3 Å². The van der Waals surface area contributed by atoms with Gasteiger partial charge in [-0.25, -0.2) is 19.7 Å². The van der Waals surface area contributed by atoms with Crippen LogP contribution in [0.2, 0.25) is 0 Å². The molecule has 2 fully saturated rings. The van der Waals surface area contributed by atoms with E-state index in [1.807, 2.05) is 0 Å². The highest BCUT2D eigenvalue weighted by Gasteiger charge is 2.45. The van der Waals surface area contributed by atoms with Crippen LogP contribution in [-0.2, 0) is 11.2 Å². The Kier molecular flexibility index (Phi) is 5.00. The summed E-state index contributed by atoms with van der Waals surface area (Å²) in [5.74, 6) is 1.74. The van der Waals surface area contributed by atoms with E-state index in [4.69, 9.17) is 20.4 Å². The smallest absolute Gasteiger partial charge is 0.407 e. The average molecular weight is 441 g/mol. The predicted octanol–water partition coefficient (Wildman–Crippen LogP) is 1.25. The predicted molar refractivity (Wildman–Crippen MR) is 119 cm³/mol. The van der Waals surface area contributed by atoms with Crippen molar-refractivity contribution < 1.29 is 14.6 Å². The first-order chi connectivity index (χ1) is 15.4. The third-order valence-electron chi connectivity index (χ3n) is 6.76. The van der Waals surface area contributed by atoms with E-state index < -0.39 is 6.09 Å². The van der Waals surface area contributed by atoms with Gasteiger partial charge in [-0.05, 0) is 26.7 Å². The summed E-state index contributed by atoms with van der Waals surface area (Å²) in [6.45, 7) is 7.92. The molecule has 11 heteroatoms. The molecule has 2 saturated heterocycles. The van der Waals surface area contributed by atoms with E-state index in [2.05, 4.69) is 33.6 Å². The number of nitrogens with zero attached hydrogens (tertiary/aromatic N) is 7. The molecule has 170 valence electrons. The van der Waals surface area contributed by atoms with Crippen LogP contribution < -0.4 is 15.5 Å². The van der Waals surface area contributed by atoms with Gasteiger partial charge in [-0.15, -0.1) is 0 Å². The molecule has 2 atom stereocenters. The Hall–Kier alpha value is -3.21. The van der Waals surface area contributed by atoms with Crippen LogP contribution in [0.1, 0.15) is 25.8 Å². The molecule has 3 aliphatic rings. The van der Waals surface area contributed by atoms with Gasteiger partial charge in [0.2, 0.25) is 11.9 Å². The molecule has 0 aliphatic carbocycles. The standard InChI is InChI=1S/C21H28N8O3/c1-13-11-32-8-7-28(13)19-25-16(14-9-23-18(22)24-10-14)15-3-5-29(17(15)26-19)21(2)4-6-27(12-21)20(30)31/h9-10,13H,3-8,11-12H2,1-2H3,(H,30,31)(H2,22,23,24)/t13-,21+/m0/s1. The van der Waals surface area contributed by atoms with E-state index in [0.29, 0.717) is 38.8 Å².